The Bertz CT molecular complexity index is 180. The first-order chi connectivity index (χ1) is 6.02. The van der Waals surface area contributed by atoms with Crippen LogP contribution in [0.2, 0.25) is 0 Å². The lowest BCUT2D eigenvalue weighted by Gasteiger charge is -2.39. The number of allylic oxidation sites excluding steroid dienone is 1. The van der Waals surface area contributed by atoms with Crippen LogP contribution in [0.3, 0.4) is 0 Å². The number of hydrogen-bond acceptors (Lipinski definition) is 0. The van der Waals surface area contributed by atoms with E-state index in [4.69, 9.17) is 0 Å². The topological polar surface area (TPSA) is 0 Å². The minimum Gasteiger partial charge on any atom is -0.100 e. The van der Waals surface area contributed by atoms with Crippen molar-refractivity contribution in [2.45, 2.75) is 47.0 Å². The van der Waals surface area contributed by atoms with Gasteiger partial charge in [0.25, 0.3) is 0 Å². The van der Waals surface area contributed by atoms with Crippen molar-refractivity contribution >= 4 is 0 Å². The summed E-state index contributed by atoms with van der Waals surface area (Å²) in [6, 6.07) is 0. The summed E-state index contributed by atoms with van der Waals surface area (Å²) in [6.45, 7) is 13.5. The van der Waals surface area contributed by atoms with Gasteiger partial charge in [-0.1, -0.05) is 39.2 Å². The number of hydrogen-bond donors (Lipinski definition) is 0. The summed E-state index contributed by atoms with van der Waals surface area (Å²) in [7, 11) is 0. The molecule has 0 spiro atoms. The molecule has 0 bridgehead atoms. The third-order valence-corrected chi connectivity index (χ3v) is 3.97. The molecular formula is C13H24. The lowest BCUT2D eigenvalue weighted by atomic mass is 9.67. The molecule has 0 aromatic rings. The van der Waals surface area contributed by atoms with E-state index in [1.165, 1.54) is 24.8 Å². The Morgan fingerprint density at radius 1 is 1.15 bits per heavy atom. The van der Waals surface area contributed by atoms with Crippen LogP contribution >= 0.6 is 0 Å². The highest BCUT2D eigenvalue weighted by molar-refractivity contribution is 4.95. The van der Waals surface area contributed by atoms with Crippen LogP contribution in [0.15, 0.2) is 12.2 Å². The Balaban J connectivity index is 2.60. The Morgan fingerprint density at radius 3 is 2.23 bits per heavy atom. The Morgan fingerprint density at radius 2 is 1.69 bits per heavy atom. The van der Waals surface area contributed by atoms with Gasteiger partial charge in [0.05, 0.1) is 0 Å². The summed E-state index contributed by atoms with van der Waals surface area (Å²) in [5.74, 6) is 3.60. The molecule has 0 N–H and O–H groups in total. The normalized spacial score (nSPS) is 40.3. The first kappa shape index (κ1) is 10.8. The molecule has 0 radical (unpaired) electrons. The molecule has 1 fully saturated rings. The van der Waals surface area contributed by atoms with Gasteiger partial charge < -0.3 is 0 Å². The van der Waals surface area contributed by atoms with Gasteiger partial charge >= 0.3 is 0 Å². The maximum absolute atomic E-state index is 4.04. The molecule has 1 aliphatic carbocycles. The predicted molar refractivity (Wildman–Crippen MR) is 59.6 cm³/mol. The highest BCUT2D eigenvalue weighted by atomic mass is 14.4. The van der Waals surface area contributed by atoms with E-state index in [1.807, 2.05) is 0 Å². The molecule has 4 atom stereocenters. The molecule has 0 heteroatoms. The van der Waals surface area contributed by atoms with Crippen molar-refractivity contribution in [1.29, 1.82) is 0 Å². The van der Waals surface area contributed by atoms with Gasteiger partial charge in [-0.2, -0.15) is 0 Å². The fourth-order valence-electron chi connectivity index (χ4n) is 2.73. The van der Waals surface area contributed by atoms with Crippen LogP contribution in [0.4, 0.5) is 0 Å². The average molecular weight is 180 g/mol. The van der Waals surface area contributed by atoms with Gasteiger partial charge in [0.2, 0.25) is 0 Å². The lowest BCUT2D eigenvalue weighted by Crippen LogP contribution is -2.30. The Hall–Kier alpha value is -0.260. The first-order valence-corrected chi connectivity index (χ1v) is 5.66. The molecule has 1 rings (SSSR count). The number of rotatable bonds is 2. The van der Waals surface area contributed by atoms with Crippen molar-refractivity contribution < 1.29 is 0 Å². The molecule has 1 aliphatic rings. The van der Waals surface area contributed by atoms with E-state index in [0.717, 1.165) is 23.7 Å². The maximum atomic E-state index is 4.04. The molecule has 0 saturated heterocycles. The predicted octanol–water partition coefficient (Wildman–Crippen LogP) is 4.27. The van der Waals surface area contributed by atoms with E-state index >= 15 is 0 Å². The van der Waals surface area contributed by atoms with Gasteiger partial charge in [0, 0.05) is 0 Å². The minimum atomic E-state index is 0.889. The summed E-state index contributed by atoms with van der Waals surface area (Å²) in [4.78, 5) is 0. The fraction of sp³-hybridized carbons (Fsp3) is 0.846. The van der Waals surface area contributed by atoms with E-state index in [0.29, 0.717) is 0 Å². The second kappa shape index (κ2) is 4.30. The fourth-order valence-corrected chi connectivity index (χ4v) is 2.73. The molecule has 0 amide bonds. The van der Waals surface area contributed by atoms with Gasteiger partial charge in [-0.3, -0.25) is 0 Å². The van der Waals surface area contributed by atoms with Crippen molar-refractivity contribution in [2.75, 3.05) is 0 Å². The van der Waals surface area contributed by atoms with E-state index in [1.54, 1.807) is 0 Å². The molecule has 0 aromatic heterocycles. The van der Waals surface area contributed by atoms with Crippen molar-refractivity contribution in [3.63, 3.8) is 0 Å². The molecule has 13 heavy (non-hydrogen) atoms. The third-order valence-electron chi connectivity index (χ3n) is 3.97. The van der Waals surface area contributed by atoms with Crippen molar-refractivity contribution in [2.24, 2.45) is 23.7 Å². The molecule has 76 valence electrons. The van der Waals surface area contributed by atoms with Crippen LogP contribution in [0.5, 0.6) is 0 Å². The van der Waals surface area contributed by atoms with E-state index in [9.17, 15) is 0 Å². The Kier molecular flexibility index (Phi) is 3.58. The van der Waals surface area contributed by atoms with E-state index in [2.05, 4.69) is 34.3 Å². The molecule has 0 nitrogen and oxygen atoms in total. The highest BCUT2D eigenvalue weighted by Crippen LogP contribution is 2.41. The summed E-state index contributed by atoms with van der Waals surface area (Å²) in [5, 5.41) is 0. The van der Waals surface area contributed by atoms with Gasteiger partial charge in [0.15, 0.2) is 0 Å². The Labute approximate surface area is 83.4 Å². The van der Waals surface area contributed by atoms with Crippen LogP contribution in [0.1, 0.15) is 47.0 Å². The third kappa shape index (κ3) is 2.59. The molecule has 1 saturated carbocycles. The van der Waals surface area contributed by atoms with Gasteiger partial charge in [-0.15, -0.1) is 6.58 Å². The summed E-state index contributed by atoms with van der Waals surface area (Å²) in [5.41, 5.74) is 1.36. The zero-order valence-corrected chi connectivity index (χ0v) is 9.64. The zero-order chi connectivity index (χ0) is 10.0. The quantitative estimate of drug-likeness (QED) is 0.557. The highest BCUT2D eigenvalue weighted by Gasteiger charge is 2.31. The van der Waals surface area contributed by atoms with Crippen LogP contribution in [-0.4, -0.2) is 0 Å². The zero-order valence-electron chi connectivity index (χ0n) is 9.64. The van der Waals surface area contributed by atoms with Gasteiger partial charge in [-0.05, 0) is 37.0 Å². The molecule has 0 aromatic carbocycles. The SMILES string of the molecule is C=C(C)CC1C(C)CCC(C)C1C. The van der Waals surface area contributed by atoms with Crippen molar-refractivity contribution in [1.82, 2.24) is 0 Å². The van der Waals surface area contributed by atoms with Crippen molar-refractivity contribution in [3.8, 4) is 0 Å². The monoisotopic (exact) mass is 180 g/mol. The maximum Gasteiger partial charge on any atom is -0.0292 e. The van der Waals surface area contributed by atoms with Crippen LogP contribution in [-0.2, 0) is 0 Å². The van der Waals surface area contributed by atoms with Crippen LogP contribution < -0.4 is 0 Å². The summed E-state index contributed by atoms with van der Waals surface area (Å²) < 4.78 is 0. The molecular weight excluding hydrogens is 156 g/mol. The smallest absolute Gasteiger partial charge is 0.0292 e. The molecule has 0 heterocycles. The average Bonchev–Trinajstić information content (AvgIpc) is 2.05. The van der Waals surface area contributed by atoms with Crippen LogP contribution in [0.25, 0.3) is 0 Å². The summed E-state index contributed by atoms with van der Waals surface area (Å²) in [6.07, 6.45) is 4.09. The second-order valence-electron chi connectivity index (χ2n) is 5.22. The van der Waals surface area contributed by atoms with E-state index < -0.39 is 0 Å². The summed E-state index contributed by atoms with van der Waals surface area (Å²) >= 11 is 0. The standard InChI is InChI=1S/C13H24/c1-9(2)8-13-11(4)7-6-10(3)12(13)5/h10-13H,1,6-8H2,2-5H3. The second-order valence-corrected chi connectivity index (χ2v) is 5.22. The van der Waals surface area contributed by atoms with Gasteiger partial charge in [-0.25, -0.2) is 0 Å². The van der Waals surface area contributed by atoms with Gasteiger partial charge in [0.1, 0.15) is 0 Å². The largest absolute Gasteiger partial charge is 0.100 e. The van der Waals surface area contributed by atoms with E-state index in [-0.39, 0.29) is 0 Å². The first-order valence-electron chi connectivity index (χ1n) is 5.66. The van der Waals surface area contributed by atoms with Crippen LogP contribution in [0, 0.1) is 23.7 Å². The minimum absolute atomic E-state index is 0.889. The molecule has 4 unspecified atom stereocenters. The lowest BCUT2D eigenvalue weighted by molar-refractivity contribution is 0.122. The van der Waals surface area contributed by atoms with Crippen molar-refractivity contribution in [3.05, 3.63) is 12.2 Å². The molecule has 0 aliphatic heterocycles.